The molecule has 9 nitrogen and oxygen atoms in total. The Hall–Kier alpha value is -3.22. The van der Waals surface area contributed by atoms with Crippen molar-refractivity contribution >= 4 is 55.0 Å². The minimum absolute atomic E-state index is 0. The number of ether oxygens (including phenoxy) is 2. The molecule has 0 unspecified atom stereocenters. The molecule has 41 heavy (non-hydrogen) atoms. The van der Waals surface area contributed by atoms with Crippen molar-refractivity contribution in [3.8, 4) is 11.5 Å². The van der Waals surface area contributed by atoms with Crippen molar-refractivity contribution in [1.29, 1.82) is 0 Å². The smallest absolute Gasteiger partial charge is 0.260 e. The van der Waals surface area contributed by atoms with Crippen LogP contribution in [0.1, 0.15) is 21.5 Å². The number of sulfonamides is 1. The SMILES string of the molecule is COc1ccc(OC)c2sc(N(CCN(C)C)C(=O)c3ccc(S(=O)(=O)N4CCc5ccccc5C4)cc3)nc12.Cl. The van der Waals surface area contributed by atoms with E-state index in [1.807, 2.05) is 49.3 Å². The predicted molar refractivity (Wildman–Crippen MR) is 164 cm³/mol. The van der Waals surface area contributed by atoms with Crippen LogP contribution in [-0.4, -0.2) is 76.5 Å². The topological polar surface area (TPSA) is 92.3 Å². The highest BCUT2D eigenvalue weighted by atomic mass is 35.5. The molecule has 0 atom stereocenters. The molecular formula is C29H33ClN4O5S2. The first kappa shape index (κ1) is 30.7. The van der Waals surface area contributed by atoms with Crippen molar-refractivity contribution < 1.29 is 22.7 Å². The van der Waals surface area contributed by atoms with Gasteiger partial charge in [0.2, 0.25) is 10.0 Å². The molecule has 0 radical (unpaired) electrons. The second-order valence-corrected chi connectivity index (χ2v) is 12.7. The highest BCUT2D eigenvalue weighted by molar-refractivity contribution is 7.89. The van der Waals surface area contributed by atoms with E-state index in [0.29, 0.717) is 60.3 Å². The van der Waals surface area contributed by atoms with Gasteiger partial charge >= 0.3 is 0 Å². The Balaban J connectivity index is 0.00000387. The maximum absolute atomic E-state index is 13.8. The average Bonchev–Trinajstić information content (AvgIpc) is 3.41. The van der Waals surface area contributed by atoms with Crippen LogP contribution in [0.5, 0.6) is 11.5 Å². The number of thiazole rings is 1. The number of anilines is 1. The van der Waals surface area contributed by atoms with Crippen LogP contribution >= 0.6 is 23.7 Å². The van der Waals surface area contributed by atoms with Crippen LogP contribution in [0.2, 0.25) is 0 Å². The van der Waals surface area contributed by atoms with E-state index in [0.717, 1.165) is 10.3 Å². The molecule has 2 heterocycles. The van der Waals surface area contributed by atoms with E-state index < -0.39 is 10.0 Å². The van der Waals surface area contributed by atoms with Gasteiger partial charge in [-0.1, -0.05) is 35.6 Å². The van der Waals surface area contributed by atoms with E-state index >= 15 is 0 Å². The number of halogens is 1. The van der Waals surface area contributed by atoms with E-state index in [9.17, 15) is 13.2 Å². The number of methoxy groups -OCH3 is 2. The van der Waals surface area contributed by atoms with Crippen LogP contribution < -0.4 is 14.4 Å². The quantitative estimate of drug-likeness (QED) is 0.269. The first-order valence-electron chi connectivity index (χ1n) is 12.9. The van der Waals surface area contributed by atoms with E-state index in [1.165, 1.54) is 33.3 Å². The Morgan fingerprint density at radius 2 is 1.61 bits per heavy atom. The van der Waals surface area contributed by atoms with E-state index in [4.69, 9.17) is 14.5 Å². The van der Waals surface area contributed by atoms with Gasteiger partial charge < -0.3 is 14.4 Å². The normalized spacial score (nSPS) is 13.5. The van der Waals surface area contributed by atoms with Gasteiger partial charge in [-0.3, -0.25) is 9.69 Å². The summed E-state index contributed by atoms with van der Waals surface area (Å²) in [5.74, 6) is 0.970. The molecule has 0 bridgehead atoms. The van der Waals surface area contributed by atoms with Gasteiger partial charge in [0.25, 0.3) is 5.91 Å². The van der Waals surface area contributed by atoms with Gasteiger partial charge in [0.15, 0.2) is 5.13 Å². The summed E-state index contributed by atoms with van der Waals surface area (Å²) in [6.45, 7) is 1.76. The fourth-order valence-electron chi connectivity index (χ4n) is 4.72. The number of fused-ring (bicyclic) bond motifs is 2. The maximum atomic E-state index is 13.8. The van der Waals surface area contributed by atoms with Gasteiger partial charge in [-0.05, 0) is 68.0 Å². The number of rotatable bonds is 9. The summed E-state index contributed by atoms with van der Waals surface area (Å²) in [4.78, 5) is 22.3. The van der Waals surface area contributed by atoms with Crippen LogP contribution in [0.3, 0.4) is 0 Å². The van der Waals surface area contributed by atoms with Gasteiger partial charge in [0, 0.05) is 31.7 Å². The first-order chi connectivity index (χ1) is 19.2. The number of carbonyl (C=O) groups excluding carboxylic acids is 1. The summed E-state index contributed by atoms with van der Waals surface area (Å²) in [5.41, 5.74) is 3.19. The molecule has 0 aliphatic carbocycles. The molecule has 0 fully saturated rings. The van der Waals surface area contributed by atoms with Crippen LogP contribution in [0.4, 0.5) is 5.13 Å². The lowest BCUT2D eigenvalue weighted by molar-refractivity contribution is 0.0985. The lowest BCUT2D eigenvalue weighted by Gasteiger charge is -2.28. The number of likely N-dealkylation sites (N-methyl/N-ethyl adjacent to an activating group) is 1. The van der Waals surface area contributed by atoms with Gasteiger partial charge in [-0.2, -0.15) is 4.31 Å². The molecular weight excluding hydrogens is 584 g/mol. The molecule has 5 rings (SSSR count). The molecule has 1 aliphatic heterocycles. The Bertz CT molecular complexity index is 1600. The number of hydrogen-bond donors (Lipinski definition) is 0. The summed E-state index contributed by atoms with van der Waals surface area (Å²) in [5, 5.41) is 0.508. The average molecular weight is 617 g/mol. The minimum atomic E-state index is -3.71. The molecule has 1 amide bonds. The Morgan fingerprint density at radius 3 is 2.27 bits per heavy atom. The van der Waals surface area contributed by atoms with Gasteiger partial charge in [-0.25, -0.2) is 13.4 Å². The lowest BCUT2D eigenvalue weighted by atomic mass is 10.0. The monoisotopic (exact) mass is 616 g/mol. The van der Waals surface area contributed by atoms with Gasteiger partial charge in [0.1, 0.15) is 21.7 Å². The summed E-state index contributed by atoms with van der Waals surface area (Å²) < 4.78 is 40.1. The zero-order valence-corrected chi connectivity index (χ0v) is 25.8. The summed E-state index contributed by atoms with van der Waals surface area (Å²) in [6, 6.07) is 17.7. The zero-order valence-electron chi connectivity index (χ0n) is 23.4. The highest BCUT2D eigenvalue weighted by Gasteiger charge is 2.29. The van der Waals surface area contributed by atoms with Crippen molar-refractivity contribution in [2.24, 2.45) is 0 Å². The van der Waals surface area contributed by atoms with Crippen molar-refractivity contribution in [3.05, 3.63) is 77.4 Å². The highest BCUT2D eigenvalue weighted by Crippen LogP contribution is 2.40. The fraction of sp³-hybridized carbons (Fsp3) is 0.310. The van der Waals surface area contributed by atoms with E-state index in [-0.39, 0.29) is 23.2 Å². The number of nitrogens with zero attached hydrogens (tertiary/aromatic N) is 4. The predicted octanol–water partition coefficient (Wildman–Crippen LogP) is 4.69. The molecule has 4 aromatic rings. The number of carbonyl (C=O) groups is 1. The fourth-order valence-corrected chi connectivity index (χ4v) is 7.24. The molecule has 0 saturated carbocycles. The van der Waals surface area contributed by atoms with Crippen molar-refractivity contribution in [3.63, 3.8) is 0 Å². The molecule has 0 saturated heterocycles. The van der Waals surface area contributed by atoms with Crippen molar-refractivity contribution in [1.82, 2.24) is 14.2 Å². The minimum Gasteiger partial charge on any atom is -0.495 e. The molecule has 3 aromatic carbocycles. The second-order valence-electron chi connectivity index (χ2n) is 9.79. The molecule has 218 valence electrons. The Labute approximate surface area is 250 Å². The Kier molecular flexibility index (Phi) is 9.55. The van der Waals surface area contributed by atoms with E-state index in [2.05, 4.69) is 0 Å². The van der Waals surface area contributed by atoms with Crippen LogP contribution in [0.15, 0.2) is 65.6 Å². The van der Waals surface area contributed by atoms with E-state index in [1.54, 1.807) is 37.3 Å². The second kappa shape index (κ2) is 12.7. The third kappa shape index (κ3) is 6.19. The molecule has 0 N–H and O–H groups in total. The first-order valence-corrected chi connectivity index (χ1v) is 15.1. The standard InChI is InChI=1S/C29H32N4O5S2.ClH/c1-31(2)17-18-33(29-30-26-24(37-3)13-14-25(38-4)27(26)39-29)28(34)21-9-11-23(12-10-21)40(35,36)32-16-15-20-7-5-6-8-22(20)19-32;/h5-14H,15-19H2,1-4H3;1H. The number of benzene rings is 3. The molecule has 12 heteroatoms. The van der Waals surface area contributed by atoms with Crippen molar-refractivity contribution in [2.45, 2.75) is 17.9 Å². The summed E-state index contributed by atoms with van der Waals surface area (Å²) in [6.07, 6.45) is 0.671. The molecule has 0 spiro atoms. The summed E-state index contributed by atoms with van der Waals surface area (Å²) >= 11 is 1.35. The lowest BCUT2D eigenvalue weighted by Crippen LogP contribution is -2.37. The molecule has 1 aliphatic rings. The van der Waals surface area contributed by atoms with Crippen LogP contribution in [0, 0.1) is 0 Å². The third-order valence-electron chi connectivity index (χ3n) is 6.98. The van der Waals surface area contributed by atoms with Crippen molar-refractivity contribution in [2.75, 3.05) is 52.8 Å². The van der Waals surface area contributed by atoms with Gasteiger partial charge in [0.05, 0.1) is 19.1 Å². The Morgan fingerprint density at radius 1 is 0.951 bits per heavy atom. The summed E-state index contributed by atoms with van der Waals surface area (Å²) in [7, 11) is 3.33. The third-order valence-corrected chi connectivity index (χ3v) is 9.93. The largest absolute Gasteiger partial charge is 0.495 e. The number of hydrogen-bond acceptors (Lipinski definition) is 8. The van der Waals surface area contributed by atoms with Crippen LogP contribution in [-0.2, 0) is 23.0 Å². The van der Waals surface area contributed by atoms with Gasteiger partial charge in [-0.15, -0.1) is 12.4 Å². The zero-order chi connectivity index (χ0) is 28.4. The molecule has 1 aromatic heterocycles. The van der Waals surface area contributed by atoms with Crippen LogP contribution in [0.25, 0.3) is 10.2 Å². The number of aromatic nitrogens is 1. The number of amides is 1. The maximum Gasteiger partial charge on any atom is 0.260 e.